The first-order chi connectivity index (χ1) is 8.50. The number of hydrogen-bond acceptors (Lipinski definition) is 0. The Morgan fingerprint density at radius 2 is 1.47 bits per heavy atom. The monoisotopic (exact) mass is 266 g/mol. The van der Waals surface area contributed by atoms with Crippen LogP contribution < -0.4 is 0 Å². The van der Waals surface area contributed by atoms with E-state index < -0.39 is 0 Å². The molecule has 19 heavy (non-hydrogen) atoms. The van der Waals surface area contributed by atoms with Gasteiger partial charge in [-0.3, -0.25) is 0 Å². The molecule has 0 heteroatoms. The molecule has 0 bridgehead atoms. The molecular formula is C19H38. The fourth-order valence-electron chi connectivity index (χ4n) is 4.49. The van der Waals surface area contributed by atoms with Crippen LogP contribution in [0, 0.1) is 40.4 Å². The summed E-state index contributed by atoms with van der Waals surface area (Å²) in [7, 11) is 0. The summed E-state index contributed by atoms with van der Waals surface area (Å²) in [6.07, 6.45) is 4.22. The van der Waals surface area contributed by atoms with Crippen LogP contribution in [-0.2, 0) is 0 Å². The van der Waals surface area contributed by atoms with E-state index in [1.807, 2.05) is 0 Å². The molecule has 1 fully saturated rings. The second-order valence-corrected chi connectivity index (χ2v) is 9.15. The van der Waals surface area contributed by atoms with Crippen molar-refractivity contribution in [2.24, 2.45) is 40.4 Å². The fourth-order valence-corrected chi connectivity index (χ4v) is 4.49. The minimum absolute atomic E-state index is 0.492. The first-order valence-electron chi connectivity index (χ1n) is 8.50. The quantitative estimate of drug-likeness (QED) is 0.518. The van der Waals surface area contributed by atoms with Gasteiger partial charge in [0.25, 0.3) is 0 Å². The van der Waals surface area contributed by atoms with Gasteiger partial charge in [0.1, 0.15) is 0 Å². The van der Waals surface area contributed by atoms with Gasteiger partial charge in [-0.25, -0.2) is 0 Å². The van der Waals surface area contributed by atoms with Crippen LogP contribution in [0.25, 0.3) is 0 Å². The lowest BCUT2D eigenvalue weighted by Gasteiger charge is -2.43. The van der Waals surface area contributed by atoms with Gasteiger partial charge < -0.3 is 0 Å². The maximum absolute atomic E-state index is 2.58. The Kier molecular flexibility index (Phi) is 5.19. The summed E-state index contributed by atoms with van der Waals surface area (Å²) in [5, 5.41) is 0. The Balaban J connectivity index is 3.13. The average Bonchev–Trinajstić information content (AvgIpc) is 2.30. The van der Waals surface area contributed by atoms with Gasteiger partial charge in [-0.05, 0) is 59.7 Å². The third kappa shape index (κ3) is 3.56. The van der Waals surface area contributed by atoms with Crippen molar-refractivity contribution >= 4 is 0 Å². The lowest BCUT2D eigenvalue weighted by atomic mass is 9.62. The third-order valence-corrected chi connectivity index (χ3v) is 6.63. The van der Waals surface area contributed by atoms with E-state index in [9.17, 15) is 0 Å². The number of hydrogen-bond donors (Lipinski definition) is 0. The molecule has 0 aromatic rings. The summed E-state index contributed by atoms with van der Waals surface area (Å²) >= 11 is 0. The average molecular weight is 267 g/mol. The lowest BCUT2D eigenvalue weighted by molar-refractivity contribution is 0.0642. The minimum atomic E-state index is 0.492. The topological polar surface area (TPSA) is 0 Å². The van der Waals surface area contributed by atoms with E-state index in [2.05, 4.69) is 62.3 Å². The Bertz CT molecular complexity index is 286. The summed E-state index contributed by atoms with van der Waals surface area (Å²) in [5.41, 5.74) is 1.01. The van der Waals surface area contributed by atoms with Gasteiger partial charge in [0, 0.05) is 0 Å². The van der Waals surface area contributed by atoms with E-state index >= 15 is 0 Å². The summed E-state index contributed by atoms with van der Waals surface area (Å²) in [5.74, 6) is 4.18. The molecule has 4 atom stereocenters. The van der Waals surface area contributed by atoms with Crippen LogP contribution >= 0.6 is 0 Å². The molecule has 0 heterocycles. The standard InChI is InChI=1S/C19H38/c1-13(2)10-17-12-18(7,8)16(6)15(5)11-19(17,9)14(3)4/h13-17H,10-12H2,1-9H3. The predicted molar refractivity (Wildman–Crippen MR) is 87.2 cm³/mol. The van der Waals surface area contributed by atoms with E-state index in [1.165, 1.54) is 19.3 Å². The molecule has 0 amide bonds. The number of rotatable bonds is 3. The Morgan fingerprint density at radius 3 is 1.89 bits per heavy atom. The summed E-state index contributed by atoms with van der Waals surface area (Å²) in [6, 6.07) is 0. The maximum atomic E-state index is 2.58. The molecule has 0 spiro atoms. The molecule has 0 nitrogen and oxygen atoms in total. The summed E-state index contributed by atoms with van der Waals surface area (Å²) in [6.45, 7) is 22.3. The van der Waals surface area contributed by atoms with Gasteiger partial charge in [-0.1, -0.05) is 62.3 Å². The van der Waals surface area contributed by atoms with Gasteiger partial charge in [0.2, 0.25) is 0 Å². The smallest absolute Gasteiger partial charge is 0.0272 e. The summed E-state index contributed by atoms with van der Waals surface area (Å²) < 4.78 is 0. The Morgan fingerprint density at radius 1 is 0.947 bits per heavy atom. The maximum Gasteiger partial charge on any atom is -0.0272 e. The predicted octanol–water partition coefficient (Wildman–Crippen LogP) is 6.40. The zero-order chi connectivity index (χ0) is 15.0. The normalized spacial score (nSPS) is 39.6. The Labute approximate surface area is 122 Å². The molecule has 0 N–H and O–H groups in total. The molecule has 114 valence electrons. The fraction of sp³-hybridized carbons (Fsp3) is 1.00. The van der Waals surface area contributed by atoms with Crippen LogP contribution in [0.1, 0.15) is 81.6 Å². The van der Waals surface area contributed by atoms with Crippen molar-refractivity contribution in [3.8, 4) is 0 Å². The second-order valence-electron chi connectivity index (χ2n) is 9.15. The highest BCUT2D eigenvalue weighted by Crippen LogP contribution is 2.55. The molecule has 1 aliphatic rings. The van der Waals surface area contributed by atoms with Gasteiger partial charge in [0.15, 0.2) is 0 Å². The van der Waals surface area contributed by atoms with E-state index in [-0.39, 0.29) is 0 Å². The lowest BCUT2D eigenvalue weighted by Crippen LogP contribution is -2.35. The van der Waals surface area contributed by atoms with Crippen LogP contribution in [0.3, 0.4) is 0 Å². The molecular weight excluding hydrogens is 228 g/mol. The second kappa shape index (κ2) is 5.78. The van der Waals surface area contributed by atoms with Crippen molar-refractivity contribution in [3.63, 3.8) is 0 Å². The summed E-state index contributed by atoms with van der Waals surface area (Å²) in [4.78, 5) is 0. The molecule has 1 saturated carbocycles. The highest BCUT2D eigenvalue weighted by Gasteiger charge is 2.47. The van der Waals surface area contributed by atoms with E-state index in [1.54, 1.807) is 0 Å². The first kappa shape index (κ1) is 17.1. The van der Waals surface area contributed by atoms with Crippen LogP contribution in [0.4, 0.5) is 0 Å². The van der Waals surface area contributed by atoms with Crippen LogP contribution in [0.5, 0.6) is 0 Å². The molecule has 0 aromatic heterocycles. The van der Waals surface area contributed by atoms with Crippen molar-refractivity contribution in [2.75, 3.05) is 0 Å². The molecule has 1 rings (SSSR count). The largest absolute Gasteiger partial charge is 0.0628 e. The van der Waals surface area contributed by atoms with Crippen molar-refractivity contribution in [2.45, 2.75) is 81.6 Å². The van der Waals surface area contributed by atoms with Gasteiger partial charge in [-0.15, -0.1) is 0 Å². The first-order valence-corrected chi connectivity index (χ1v) is 8.50. The van der Waals surface area contributed by atoms with Crippen LogP contribution in [0.2, 0.25) is 0 Å². The van der Waals surface area contributed by atoms with Crippen molar-refractivity contribution in [1.82, 2.24) is 0 Å². The molecule has 1 aliphatic carbocycles. The van der Waals surface area contributed by atoms with Gasteiger partial charge in [-0.2, -0.15) is 0 Å². The van der Waals surface area contributed by atoms with Crippen molar-refractivity contribution in [1.29, 1.82) is 0 Å². The van der Waals surface area contributed by atoms with Gasteiger partial charge >= 0.3 is 0 Å². The third-order valence-electron chi connectivity index (χ3n) is 6.63. The van der Waals surface area contributed by atoms with Crippen LogP contribution in [0.15, 0.2) is 0 Å². The van der Waals surface area contributed by atoms with E-state index in [0.717, 1.165) is 29.6 Å². The van der Waals surface area contributed by atoms with E-state index in [0.29, 0.717) is 10.8 Å². The SMILES string of the molecule is CC(C)CC1CC(C)(C)C(C)C(C)CC1(C)C(C)C. The van der Waals surface area contributed by atoms with E-state index in [4.69, 9.17) is 0 Å². The highest BCUT2D eigenvalue weighted by atomic mass is 14.5. The van der Waals surface area contributed by atoms with Crippen molar-refractivity contribution in [3.05, 3.63) is 0 Å². The molecule has 0 aromatic carbocycles. The van der Waals surface area contributed by atoms with Crippen molar-refractivity contribution < 1.29 is 0 Å². The molecule has 0 radical (unpaired) electrons. The molecule has 0 saturated heterocycles. The minimum Gasteiger partial charge on any atom is -0.0628 e. The Hall–Kier alpha value is 0. The zero-order valence-electron chi connectivity index (χ0n) is 15.0. The molecule has 4 unspecified atom stereocenters. The zero-order valence-corrected chi connectivity index (χ0v) is 15.0. The van der Waals surface area contributed by atoms with Gasteiger partial charge in [0.05, 0.1) is 0 Å². The van der Waals surface area contributed by atoms with Crippen LogP contribution in [-0.4, -0.2) is 0 Å². The molecule has 0 aliphatic heterocycles. The highest BCUT2D eigenvalue weighted by molar-refractivity contribution is 4.96.